The summed E-state index contributed by atoms with van der Waals surface area (Å²) in [7, 11) is 0. The number of halogens is 1. The van der Waals surface area contributed by atoms with E-state index < -0.39 is 18.0 Å². The number of hydrogen-bond acceptors (Lipinski definition) is 1. The Morgan fingerprint density at radius 2 is 2.29 bits per heavy atom. The Hall–Kier alpha value is -0.600. The van der Waals surface area contributed by atoms with E-state index in [0.717, 1.165) is 0 Å². The monoisotopic (exact) mass is 103 g/mol. The summed E-state index contributed by atoms with van der Waals surface area (Å²) >= 11 is 0. The highest BCUT2D eigenvalue weighted by molar-refractivity contribution is 5.80. The van der Waals surface area contributed by atoms with Crippen molar-refractivity contribution < 1.29 is 9.18 Å². The van der Waals surface area contributed by atoms with Gasteiger partial charge in [0.05, 0.1) is 5.92 Å². The summed E-state index contributed by atoms with van der Waals surface area (Å²) in [6.07, 6.45) is -0.590. The molecule has 1 unspecified atom stereocenters. The van der Waals surface area contributed by atoms with Crippen LogP contribution in [-0.2, 0) is 4.79 Å². The first-order valence-corrected chi connectivity index (χ1v) is 2.15. The molecule has 2 nitrogen and oxygen atoms in total. The number of hydrogen-bond donors (Lipinski definition) is 1. The Balaban J connectivity index is 2.33. The van der Waals surface area contributed by atoms with E-state index in [2.05, 4.69) is 0 Å². The predicted octanol–water partition coefficient (Wildman–Crippen LogP) is -0.170. The van der Waals surface area contributed by atoms with Crippen LogP contribution in [0.1, 0.15) is 6.42 Å². The van der Waals surface area contributed by atoms with Gasteiger partial charge in [-0.15, -0.1) is 0 Å². The van der Waals surface area contributed by atoms with E-state index in [1.807, 2.05) is 0 Å². The van der Waals surface area contributed by atoms with Crippen molar-refractivity contribution in [2.24, 2.45) is 11.7 Å². The minimum absolute atomic E-state index is 0.343. The third-order valence-corrected chi connectivity index (χ3v) is 1.08. The van der Waals surface area contributed by atoms with E-state index >= 15 is 0 Å². The van der Waals surface area contributed by atoms with Crippen LogP contribution in [0, 0.1) is 5.92 Å². The van der Waals surface area contributed by atoms with Crippen LogP contribution in [0.25, 0.3) is 0 Å². The van der Waals surface area contributed by atoms with Gasteiger partial charge < -0.3 is 5.73 Å². The standard InChI is InChI=1S/C4H6FNO/c5-3-1-2(3)4(6)7/h2-3H,1H2,(H2,6,7)/t2-,3?/m0/s1. The molecule has 0 saturated heterocycles. The van der Waals surface area contributed by atoms with Crippen molar-refractivity contribution in [3.05, 3.63) is 0 Å². The Morgan fingerprint density at radius 1 is 1.86 bits per heavy atom. The van der Waals surface area contributed by atoms with Crippen molar-refractivity contribution in [1.29, 1.82) is 0 Å². The number of rotatable bonds is 1. The largest absolute Gasteiger partial charge is 0.369 e. The summed E-state index contributed by atoms with van der Waals surface area (Å²) in [6, 6.07) is 0. The number of nitrogens with two attached hydrogens (primary N) is 1. The van der Waals surface area contributed by atoms with Crippen molar-refractivity contribution in [1.82, 2.24) is 0 Å². The summed E-state index contributed by atoms with van der Waals surface area (Å²) in [5.74, 6) is -0.965. The van der Waals surface area contributed by atoms with Crippen molar-refractivity contribution in [3.63, 3.8) is 0 Å². The van der Waals surface area contributed by atoms with Crippen molar-refractivity contribution in [2.75, 3.05) is 0 Å². The van der Waals surface area contributed by atoms with Crippen LogP contribution in [0.4, 0.5) is 4.39 Å². The van der Waals surface area contributed by atoms with Crippen LogP contribution in [-0.4, -0.2) is 12.1 Å². The molecule has 1 aliphatic rings. The Labute approximate surface area is 40.5 Å². The lowest BCUT2D eigenvalue weighted by molar-refractivity contribution is -0.119. The highest BCUT2D eigenvalue weighted by atomic mass is 19.1. The minimum atomic E-state index is -0.933. The van der Waals surface area contributed by atoms with Gasteiger partial charge in [0, 0.05) is 0 Å². The smallest absolute Gasteiger partial charge is 0.223 e. The van der Waals surface area contributed by atoms with E-state index in [4.69, 9.17) is 5.73 Å². The lowest BCUT2D eigenvalue weighted by Gasteiger charge is -1.79. The molecule has 0 radical (unpaired) electrons. The van der Waals surface area contributed by atoms with Gasteiger partial charge in [-0.05, 0) is 6.42 Å². The van der Waals surface area contributed by atoms with Gasteiger partial charge >= 0.3 is 0 Å². The fourth-order valence-corrected chi connectivity index (χ4v) is 0.458. The van der Waals surface area contributed by atoms with Crippen LogP contribution in [0.3, 0.4) is 0 Å². The minimum Gasteiger partial charge on any atom is -0.369 e. The molecule has 0 bridgehead atoms. The molecule has 40 valence electrons. The summed E-state index contributed by atoms with van der Waals surface area (Å²) in [5.41, 5.74) is 4.71. The van der Waals surface area contributed by atoms with E-state index in [1.54, 1.807) is 0 Å². The molecule has 0 aromatic heterocycles. The van der Waals surface area contributed by atoms with Crippen LogP contribution in [0.2, 0.25) is 0 Å². The van der Waals surface area contributed by atoms with Gasteiger partial charge in [0.25, 0.3) is 0 Å². The molecule has 1 aliphatic carbocycles. The second-order valence-electron chi connectivity index (χ2n) is 1.76. The molecule has 1 amide bonds. The fraction of sp³-hybridized carbons (Fsp3) is 0.750. The number of alkyl halides is 1. The maximum absolute atomic E-state index is 11.7. The van der Waals surface area contributed by atoms with Crippen LogP contribution < -0.4 is 5.73 Å². The first-order valence-electron chi connectivity index (χ1n) is 2.15. The zero-order chi connectivity index (χ0) is 5.44. The Bertz CT molecular complexity index is 104. The molecule has 2 N–H and O–H groups in total. The molecule has 2 atom stereocenters. The zero-order valence-corrected chi connectivity index (χ0v) is 3.73. The van der Waals surface area contributed by atoms with Crippen LogP contribution in [0.15, 0.2) is 0 Å². The molecule has 1 rings (SSSR count). The molecule has 3 heteroatoms. The van der Waals surface area contributed by atoms with Gasteiger partial charge in [0.15, 0.2) is 0 Å². The van der Waals surface area contributed by atoms with Crippen molar-refractivity contribution in [2.45, 2.75) is 12.6 Å². The maximum Gasteiger partial charge on any atom is 0.223 e. The van der Waals surface area contributed by atoms with E-state index in [0.29, 0.717) is 6.42 Å². The molecular formula is C4H6FNO. The third-order valence-electron chi connectivity index (χ3n) is 1.08. The maximum atomic E-state index is 11.7. The highest BCUT2D eigenvalue weighted by Gasteiger charge is 2.42. The summed E-state index contributed by atoms with van der Waals surface area (Å²) < 4.78 is 11.7. The normalized spacial score (nSPS) is 37.9. The van der Waals surface area contributed by atoms with Gasteiger partial charge in [-0.3, -0.25) is 4.79 Å². The van der Waals surface area contributed by atoms with E-state index in [1.165, 1.54) is 0 Å². The lowest BCUT2D eigenvalue weighted by Crippen LogP contribution is -2.13. The van der Waals surface area contributed by atoms with Gasteiger partial charge in [-0.1, -0.05) is 0 Å². The average Bonchev–Trinajstić information content (AvgIpc) is 2.17. The summed E-state index contributed by atoms with van der Waals surface area (Å²) in [5, 5.41) is 0. The third kappa shape index (κ3) is 0.706. The van der Waals surface area contributed by atoms with Crippen molar-refractivity contribution in [3.8, 4) is 0 Å². The molecule has 0 heterocycles. The number of carbonyl (C=O) groups excluding carboxylic acids is 1. The molecular weight excluding hydrogens is 97.0 g/mol. The number of primary amides is 1. The molecule has 0 aliphatic heterocycles. The first kappa shape index (κ1) is 4.56. The van der Waals surface area contributed by atoms with Gasteiger partial charge in [-0.25, -0.2) is 4.39 Å². The van der Waals surface area contributed by atoms with Gasteiger partial charge in [-0.2, -0.15) is 0 Å². The lowest BCUT2D eigenvalue weighted by atomic mass is 10.4. The van der Waals surface area contributed by atoms with Crippen LogP contribution in [0.5, 0.6) is 0 Å². The zero-order valence-electron chi connectivity index (χ0n) is 3.73. The first-order chi connectivity index (χ1) is 3.22. The average molecular weight is 103 g/mol. The van der Waals surface area contributed by atoms with Crippen LogP contribution >= 0.6 is 0 Å². The van der Waals surface area contributed by atoms with E-state index in [-0.39, 0.29) is 0 Å². The molecule has 0 aromatic carbocycles. The predicted molar refractivity (Wildman–Crippen MR) is 22.2 cm³/mol. The Morgan fingerprint density at radius 3 is 2.29 bits per heavy atom. The highest BCUT2D eigenvalue weighted by Crippen LogP contribution is 2.32. The number of carbonyl (C=O) groups is 1. The molecule has 1 fully saturated rings. The summed E-state index contributed by atoms with van der Waals surface area (Å²) in [6.45, 7) is 0. The SMILES string of the molecule is NC(=O)[C@H]1CC1F. The van der Waals surface area contributed by atoms with Gasteiger partial charge in [0.1, 0.15) is 6.17 Å². The topological polar surface area (TPSA) is 43.1 Å². The molecule has 7 heavy (non-hydrogen) atoms. The quantitative estimate of drug-likeness (QED) is 0.492. The molecule has 0 aromatic rings. The van der Waals surface area contributed by atoms with Crippen molar-refractivity contribution >= 4 is 5.91 Å². The summed E-state index contributed by atoms with van der Waals surface area (Å²) in [4.78, 5) is 9.95. The fourth-order valence-electron chi connectivity index (χ4n) is 0.458. The molecule has 1 saturated carbocycles. The molecule has 0 spiro atoms. The van der Waals surface area contributed by atoms with Gasteiger partial charge in [0.2, 0.25) is 5.91 Å². The second kappa shape index (κ2) is 1.18. The van der Waals surface area contributed by atoms with E-state index in [9.17, 15) is 9.18 Å². The Kier molecular flexibility index (Phi) is 0.770. The number of amides is 1. The second-order valence-corrected chi connectivity index (χ2v) is 1.76.